The molecule has 0 bridgehead atoms. The maximum Gasteiger partial charge on any atom is 0.238 e. The minimum atomic E-state index is -0.0527. The van der Waals surface area contributed by atoms with E-state index in [1.165, 1.54) is 6.26 Å². The molecule has 2 rings (SSSR count). The molecule has 0 aliphatic rings. The molecule has 1 unspecified atom stereocenters. The van der Waals surface area contributed by atoms with Gasteiger partial charge in [0.15, 0.2) is 5.76 Å². The van der Waals surface area contributed by atoms with E-state index < -0.39 is 0 Å². The number of amides is 1. The Kier molecular flexibility index (Phi) is 4.89. The molecule has 3 N–H and O–H groups in total. The van der Waals surface area contributed by atoms with E-state index in [-0.39, 0.29) is 11.8 Å². The number of aromatic nitrogens is 2. The van der Waals surface area contributed by atoms with Crippen molar-refractivity contribution in [2.75, 3.05) is 13.1 Å². The second-order valence-corrected chi connectivity index (χ2v) is 4.63. The molecule has 2 aromatic heterocycles. The van der Waals surface area contributed by atoms with Gasteiger partial charge < -0.3 is 20.0 Å². The van der Waals surface area contributed by atoms with E-state index in [4.69, 9.17) is 14.7 Å². The van der Waals surface area contributed by atoms with Crippen LogP contribution >= 0.6 is 0 Å². The summed E-state index contributed by atoms with van der Waals surface area (Å²) in [5, 5.41) is 6.61. The van der Waals surface area contributed by atoms with Gasteiger partial charge in [-0.25, -0.2) is 0 Å². The summed E-state index contributed by atoms with van der Waals surface area (Å²) < 4.78 is 10.2. The molecule has 0 aromatic carbocycles. The highest BCUT2D eigenvalue weighted by atomic mass is 16.5. The summed E-state index contributed by atoms with van der Waals surface area (Å²) in [5.41, 5.74) is 5.48. The summed E-state index contributed by atoms with van der Waals surface area (Å²) >= 11 is 0. The lowest BCUT2D eigenvalue weighted by molar-refractivity contribution is -0.121. The first kappa shape index (κ1) is 14.3. The Bertz CT molecular complexity index is 536. The Morgan fingerprint density at radius 3 is 3.10 bits per heavy atom. The van der Waals surface area contributed by atoms with Crippen LogP contribution in [0.4, 0.5) is 0 Å². The first-order chi connectivity index (χ1) is 9.69. The van der Waals surface area contributed by atoms with E-state index in [0.29, 0.717) is 43.4 Å². The largest absolute Gasteiger partial charge is 0.461 e. The minimum Gasteiger partial charge on any atom is -0.461 e. The minimum absolute atomic E-state index is 0.0527. The van der Waals surface area contributed by atoms with E-state index in [9.17, 15) is 4.79 Å². The fraction of sp³-hybridized carbons (Fsp3) is 0.462. The number of carbonyl (C=O) groups excluding carboxylic acids is 1. The number of rotatable bonds is 7. The van der Waals surface area contributed by atoms with Crippen LogP contribution in [0.2, 0.25) is 0 Å². The molecule has 0 fully saturated rings. The number of aryl methyl sites for hydroxylation is 1. The summed E-state index contributed by atoms with van der Waals surface area (Å²) in [6, 6.07) is 3.49. The van der Waals surface area contributed by atoms with Crippen molar-refractivity contribution in [2.24, 2.45) is 11.7 Å². The molecule has 0 saturated carbocycles. The van der Waals surface area contributed by atoms with E-state index in [2.05, 4.69) is 15.5 Å². The van der Waals surface area contributed by atoms with Crippen molar-refractivity contribution in [3.05, 3.63) is 24.3 Å². The van der Waals surface area contributed by atoms with Crippen molar-refractivity contribution in [1.82, 2.24) is 15.5 Å². The molecule has 1 amide bonds. The van der Waals surface area contributed by atoms with Crippen molar-refractivity contribution in [3.8, 4) is 11.6 Å². The van der Waals surface area contributed by atoms with Gasteiger partial charge in [-0.15, -0.1) is 0 Å². The van der Waals surface area contributed by atoms with Crippen LogP contribution in [0.15, 0.2) is 27.3 Å². The second-order valence-electron chi connectivity index (χ2n) is 4.63. The Hall–Kier alpha value is -2.15. The maximum absolute atomic E-state index is 11.6. The first-order valence-electron chi connectivity index (χ1n) is 6.52. The number of nitrogens with two attached hydrogens (primary N) is 1. The lowest BCUT2D eigenvalue weighted by Crippen LogP contribution is -2.31. The van der Waals surface area contributed by atoms with Gasteiger partial charge in [0.1, 0.15) is 0 Å². The van der Waals surface area contributed by atoms with Crippen LogP contribution in [0.5, 0.6) is 0 Å². The van der Waals surface area contributed by atoms with Gasteiger partial charge in [-0.2, -0.15) is 4.98 Å². The monoisotopic (exact) mass is 278 g/mol. The van der Waals surface area contributed by atoms with E-state index in [1.54, 1.807) is 12.1 Å². The fourth-order valence-corrected chi connectivity index (χ4v) is 1.54. The Morgan fingerprint density at radius 2 is 2.40 bits per heavy atom. The van der Waals surface area contributed by atoms with Crippen molar-refractivity contribution in [1.29, 1.82) is 0 Å². The molecule has 0 aliphatic heterocycles. The second kappa shape index (κ2) is 6.85. The lowest BCUT2D eigenvalue weighted by Gasteiger charge is -2.09. The van der Waals surface area contributed by atoms with Crippen LogP contribution < -0.4 is 11.1 Å². The fourth-order valence-electron chi connectivity index (χ4n) is 1.54. The van der Waals surface area contributed by atoms with Crippen LogP contribution in [0, 0.1) is 5.92 Å². The predicted octanol–water partition coefficient (Wildman–Crippen LogP) is 0.973. The number of nitrogens with zero attached hydrogens (tertiary/aromatic N) is 2. The lowest BCUT2D eigenvalue weighted by atomic mass is 10.2. The van der Waals surface area contributed by atoms with E-state index >= 15 is 0 Å². The zero-order chi connectivity index (χ0) is 14.4. The number of hydrogen-bond acceptors (Lipinski definition) is 6. The number of nitrogens with one attached hydrogen (secondary N) is 1. The van der Waals surface area contributed by atoms with Gasteiger partial charge in [0, 0.05) is 19.4 Å². The summed E-state index contributed by atoms with van der Waals surface area (Å²) in [7, 11) is 0. The molecule has 2 aromatic rings. The van der Waals surface area contributed by atoms with Crippen LogP contribution in [0.25, 0.3) is 11.6 Å². The third-order valence-corrected chi connectivity index (χ3v) is 2.83. The zero-order valence-electron chi connectivity index (χ0n) is 11.3. The molecular formula is C13H18N4O3. The molecule has 7 nitrogen and oxygen atoms in total. The summed E-state index contributed by atoms with van der Waals surface area (Å²) in [6.07, 6.45) is 2.24. The third kappa shape index (κ3) is 3.92. The number of carbonyl (C=O) groups is 1. The molecule has 0 radical (unpaired) electrons. The third-order valence-electron chi connectivity index (χ3n) is 2.83. The van der Waals surface area contributed by atoms with Crippen molar-refractivity contribution in [3.63, 3.8) is 0 Å². The SMILES string of the molecule is CC(CN)CNC(=O)CCc1nc(-c2ccco2)no1. The van der Waals surface area contributed by atoms with Gasteiger partial charge in [-0.3, -0.25) is 4.79 Å². The van der Waals surface area contributed by atoms with Gasteiger partial charge in [0.25, 0.3) is 0 Å². The molecule has 7 heteroatoms. The van der Waals surface area contributed by atoms with Gasteiger partial charge in [-0.1, -0.05) is 12.1 Å². The van der Waals surface area contributed by atoms with Crippen LogP contribution in [-0.2, 0) is 11.2 Å². The van der Waals surface area contributed by atoms with Crippen LogP contribution in [0.1, 0.15) is 19.2 Å². The van der Waals surface area contributed by atoms with Crippen LogP contribution in [-0.4, -0.2) is 29.1 Å². The molecule has 108 valence electrons. The van der Waals surface area contributed by atoms with Crippen molar-refractivity contribution in [2.45, 2.75) is 19.8 Å². The van der Waals surface area contributed by atoms with Crippen molar-refractivity contribution >= 4 is 5.91 Å². The Morgan fingerprint density at radius 1 is 1.55 bits per heavy atom. The standard InChI is InChI=1S/C13H18N4O3/c1-9(7-14)8-15-11(18)4-5-12-16-13(17-20-12)10-3-2-6-19-10/h2-3,6,9H,4-5,7-8,14H2,1H3,(H,15,18). The number of furan rings is 1. The average molecular weight is 278 g/mol. The molecule has 2 heterocycles. The average Bonchev–Trinajstić information content (AvgIpc) is 3.12. The zero-order valence-corrected chi connectivity index (χ0v) is 11.3. The highest BCUT2D eigenvalue weighted by Gasteiger charge is 2.12. The molecular weight excluding hydrogens is 260 g/mol. The quantitative estimate of drug-likeness (QED) is 0.781. The van der Waals surface area contributed by atoms with Crippen molar-refractivity contribution < 1.29 is 13.7 Å². The van der Waals surface area contributed by atoms with Gasteiger partial charge in [-0.05, 0) is 24.6 Å². The molecule has 1 atom stereocenters. The highest BCUT2D eigenvalue weighted by molar-refractivity contribution is 5.76. The Balaban J connectivity index is 1.78. The van der Waals surface area contributed by atoms with E-state index in [0.717, 1.165) is 0 Å². The maximum atomic E-state index is 11.6. The molecule has 0 saturated heterocycles. The summed E-state index contributed by atoms with van der Waals surface area (Å²) in [6.45, 7) is 3.11. The van der Waals surface area contributed by atoms with Gasteiger partial charge in [0.05, 0.1) is 6.26 Å². The van der Waals surface area contributed by atoms with Gasteiger partial charge in [0.2, 0.25) is 17.6 Å². The predicted molar refractivity (Wildman–Crippen MR) is 71.5 cm³/mol. The molecule has 0 aliphatic carbocycles. The van der Waals surface area contributed by atoms with E-state index in [1.807, 2.05) is 6.92 Å². The first-order valence-corrected chi connectivity index (χ1v) is 6.52. The van der Waals surface area contributed by atoms with Gasteiger partial charge >= 0.3 is 0 Å². The topological polar surface area (TPSA) is 107 Å². The molecule has 0 spiro atoms. The smallest absolute Gasteiger partial charge is 0.238 e. The molecule has 20 heavy (non-hydrogen) atoms. The summed E-state index contributed by atoms with van der Waals surface area (Å²) in [4.78, 5) is 15.8. The summed E-state index contributed by atoms with van der Waals surface area (Å²) in [5.74, 6) is 1.57. The highest BCUT2D eigenvalue weighted by Crippen LogP contribution is 2.16. The number of hydrogen-bond donors (Lipinski definition) is 2. The normalized spacial score (nSPS) is 12.3. The van der Waals surface area contributed by atoms with Crippen LogP contribution in [0.3, 0.4) is 0 Å². The Labute approximate surface area is 116 Å².